The first-order valence-electron chi connectivity index (χ1n) is 8.60. The molecular weight excluding hydrogens is 282 g/mol. The summed E-state index contributed by atoms with van der Waals surface area (Å²) in [6, 6.07) is 0. The number of rotatable bonds is 5. The van der Waals surface area contributed by atoms with Crippen molar-refractivity contribution in [1.29, 1.82) is 5.41 Å². The van der Waals surface area contributed by atoms with E-state index >= 15 is 0 Å². The Morgan fingerprint density at radius 3 is 2.61 bits per heavy atom. The second-order valence-corrected chi connectivity index (χ2v) is 7.67. The molecule has 0 spiro atoms. The molecule has 2 unspecified atom stereocenters. The monoisotopic (exact) mass is 313 g/mol. The zero-order valence-electron chi connectivity index (χ0n) is 14.8. The molecule has 2 aliphatic rings. The quantitative estimate of drug-likeness (QED) is 0.719. The van der Waals surface area contributed by atoms with E-state index in [1.807, 2.05) is 6.92 Å². The number of allylic oxidation sites excluding steroid dienone is 4. The molecule has 0 aliphatic heterocycles. The molecule has 2 atom stereocenters. The van der Waals surface area contributed by atoms with E-state index in [2.05, 4.69) is 50.0 Å². The molecule has 0 aromatic heterocycles. The average molecular weight is 313 g/mol. The molecule has 0 saturated heterocycles. The van der Waals surface area contributed by atoms with Crippen molar-refractivity contribution in [2.75, 3.05) is 13.1 Å². The summed E-state index contributed by atoms with van der Waals surface area (Å²) in [5.41, 5.74) is 10.1. The maximum Gasteiger partial charge on any atom is 0.0414 e. The lowest BCUT2D eigenvalue weighted by atomic mass is 9.73. The Hall–Kier alpha value is -1.61. The standard InChI is InChI=1S/C20H31N3/c1-14(2)19(17-11-20(3,4)10-9-18(17)22)23-13-16-8-6-5-7-15(16)12-21/h5-8,15-16,22-23H,1,9-13,21H2,2-4H3/b19-17-,22-18?. The first kappa shape index (κ1) is 17.7. The molecule has 2 rings (SSSR count). The first-order chi connectivity index (χ1) is 10.8. The second kappa shape index (κ2) is 7.31. The Kier molecular flexibility index (Phi) is 5.64. The number of hydrogen-bond acceptors (Lipinski definition) is 3. The van der Waals surface area contributed by atoms with Gasteiger partial charge in [0.25, 0.3) is 0 Å². The van der Waals surface area contributed by atoms with Gasteiger partial charge in [-0.15, -0.1) is 0 Å². The predicted octanol–water partition coefficient (Wildman–Crippen LogP) is 3.95. The Morgan fingerprint density at radius 2 is 2.00 bits per heavy atom. The lowest BCUT2D eigenvalue weighted by Gasteiger charge is -2.34. The lowest BCUT2D eigenvalue weighted by Crippen LogP contribution is -2.33. The molecule has 4 N–H and O–H groups in total. The number of nitrogens with one attached hydrogen (secondary N) is 2. The minimum absolute atomic E-state index is 0.259. The van der Waals surface area contributed by atoms with Crippen LogP contribution in [0.15, 0.2) is 47.7 Å². The van der Waals surface area contributed by atoms with E-state index < -0.39 is 0 Å². The molecule has 0 heterocycles. The second-order valence-electron chi connectivity index (χ2n) is 7.67. The molecule has 0 amide bonds. The Morgan fingerprint density at radius 1 is 1.35 bits per heavy atom. The molecule has 1 fully saturated rings. The van der Waals surface area contributed by atoms with Gasteiger partial charge in [0.2, 0.25) is 0 Å². The van der Waals surface area contributed by atoms with Gasteiger partial charge in [-0.1, -0.05) is 44.7 Å². The molecule has 3 heteroatoms. The highest BCUT2D eigenvalue weighted by Gasteiger charge is 2.29. The normalized spacial score (nSPS) is 28.6. The summed E-state index contributed by atoms with van der Waals surface area (Å²) in [7, 11) is 0. The zero-order chi connectivity index (χ0) is 17.0. The summed E-state index contributed by atoms with van der Waals surface area (Å²) >= 11 is 0. The van der Waals surface area contributed by atoms with Gasteiger partial charge < -0.3 is 16.5 Å². The highest BCUT2D eigenvalue weighted by Crippen LogP contribution is 2.38. The Labute approximate surface area is 140 Å². The minimum atomic E-state index is 0.259. The van der Waals surface area contributed by atoms with Gasteiger partial charge in [0.05, 0.1) is 0 Å². The summed E-state index contributed by atoms with van der Waals surface area (Å²) in [6.45, 7) is 12.2. The van der Waals surface area contributed by atoms with Crippen molar-refractivity contribution < 1.29 is 0 Å². The van der Waals surface area contributed by atoms with Crippen molar-refractivity contribution in [1.82, 2.24) is 5.32 Å². The number of nitrogens with two attached hydrogens (primary N) is 1. The molecule has 2 aliphatic carbocycles. The minimum Gasteiger partial charge on any atom is -0.384 e. The van der Waals surface area contributed by atoms with E-state index in [-0.39, 0.29) is 5.41 Å². The van der Waals surface area contributed by atoms with Crippen molar-refractivity contribution in [2.24, 2.45) is 23.0 Å². The van der Waals surface area contributed by atoms with Gasteiger partial charge in [0.1, 0.15) is 0 Å². The van der Waals surface area contributed by atoms with Crippen LogP contribution in [0.1, 0.15) is 40.0 Å². The maximum atomic E-state index is 8.36. The van der Waals surface area contributed by atoms with E-state index in [1.54, 1.807) is 0 Å². The van der Waals surface area contributed by atoms with Gasteiger partial charge in [-0.05, 0) is 55.2 Å². The van der Waals surface area contributed by atoms with Gasteiger partial charge in [0, 0.05) is 23.9 Å². The topological polar surface area (TPSA) is 61.9 Å². The van der Waals surface area contributed by atoms with Crippen LogP contribution in [0.4, 0.5) is 0 Å². The fourth-order valence-corrected chi connectivity index (χ4v) is 3.43. The van der Waals surface area contributed by atoms with E-state index in [0.29, 0.717) is 18.4 Å². The van der Waals surface area contributed by atoms with Gasteiger partial charge in [0.15, 0.2) is 0 Å². The lowest BCUT2D eigenvalue weighted by molar-refractivity contribution is 0.327. The first-order valence-corrected chi connectivity index (χ1v) is 8.60. The molecule has 126 valence electrons. The van der Waals surface area contributed by atoms with Gasteiger partial charge in [-0.2, -0.15) is 0 Å². The van der Waals surface area contributed by atoms with Crippen LogP contribution in [0.5, 0.6) is 0 Å². The summed E-state index contributed by atoms with van der Waals surface area (Å²) in [5, 5.41) is 12.0. The summed E-state index contributed by atoms with van der Waals surface area (Å²) in [5.74, 6) is 0.775. The predicted molar refractivity (Wildman–Crippen MR) is 99.5 cm³/mol. The van der Waals surface area contributed by atoms with E-state index in [9.17, 15) is 0 Å². The summed E-state index contributed by atoms with van der Waals surface area (Å²) < 4.78 is 0. The van der Waals surface area contributed by atoms with Crippen molar-refractivity contribution in [3.05, 3.63) is 47.7 Å². The molecule has 23 heavy (non-hydrogen) atoms. The highest BCUT2D eigenvalue weighted by molar-refractivity contribution is 5.99. The fraction of sp³-hybridized carbons (Fsp3) is 0.550. The molecular formula is C20H31N3. The Balaban J connectivity index is 2.17. The van der Waals surface area contributed by atoms with Crippen LogP contribution >= 0.6 is 0 Å². The van der Waals surface area contributed by atoms with Gasteiger partial charge in [-0.3, -0.25) is 0 Å². The summed E-state index contributed by atoms with van der Waals surface area (Å²) in [4.78, 5) is 0. The SMILES string of the molecule is C=C(C)/C(NCC1C=CC=CC1CN)=C1\CC(C)(C)CCC1=N. The van der Waals surface area contributed by atoms with Crippen LogP contribution in [0.3, 0.4) is 0 Å². The number of hydrogen-bond donors (Lipinski definition) is 3. The van der Waals surface area contributed by atoms with Crippen LogP contribution in [0.2, 0.25) is 0 Å². The van der Waals surface area contributed by atoms with Crippen LogP contribution in [-0.4, -0.2) is 18.8 Å². The summed E-state index contributed by atoms with van der Waals surface area (Å²) in [6.07, 6.45) is 11.5. The van der Waals surface area contributed by atoms with Crippen LogP contribution in [0.25, 0.3) is 0 Å². The highest BCUT2D eigenvalue weighted by atomic mass is 14.9. The van der Waals surface area contributed by atoms with Crippen LogP contribution < -0.4 is 11.1 Å². The molecule has 0 bridgehead atoms. The third-order valence-electron chi connectivity index (χ3n) is 4.96. The average Bonchev–Trinajstić information content (AvgIpc) is 2.51. The van der Waals surface area contributed by atoms with E-state index in [1.165, 1.54) is 0 Å². The van der Waals surface area contributed by atoms with Crippen molar-refractivity contribution in [2.45, 2.75) is 40.0 Å². The van der Waals surface area contributed by atoms with Crippen molar-refractivity contribution >= 4 is 5.71 Å². The van der Waals surface area contributed by atoms with Crippen molar-refractivity contribution in [3.8, 4) is 0 Å². The smallest absolute Gasteiger partial charge is 0.0414 e. The third kappa shape index (κ3) is 4.44. The third-order valence-corrected chi connectivity index (χ3v) is 4.96. The molecule has 0 radical (unpaired) electrons. The van der Waals surface area contributed by atoms with E-state index in [0.717, 1.165) is 48.4 Å². The maximum absolute atomic E-state index is 8.36. The molecule has 0 aromatic carbocycles. The Bertz CT molecular complexity index is 563. The van der Waals surface area contributed by atoms with Gasteiger partial charge in [-0.25, -0.2) is 0 Å². The van der Waals surface area contributed by atoms with Gasteiger partial charge >= 0.3 is 0 Å². The largest absolute Gasteiger partial charge is 0.384 e. The molecule has 3 nitrogen and oxygen atoms in total. The van der Waals surface area contributed by atoms with Crippen LogP contribution in [0, 0.1) is 22.7 Å². The van der Waals surface area contributed by atoms with E-state index in [4.69, 9.17) is 11.1 Å². The zero-order valence-corrected chi connectivity index (χ0v) is 14.8. The van der Waals surface area contributed by atoms with Crippen LogP contribution in [-0.2, 0) is 0 Å². The fourth-order valence-electron chi connectivity index (χ4n) is 3.43. The van der Waals surface area contributed by atoms with Crippen molar-refractivity contribution in [3.63, 3.8) is 0 Å². The molecule has 0 aromatic rings. The molecule has 1 saturated carbocycles.